The van der Waals surface area contributed by atoms with Crippen LogP contribution in [0.15, 0.2) is 52.9 Å². The van der Waals surface area contributed by atoms with E-state index in [9.17, 15) is 4.79 Å². The summed E-state index contributed by atoms with van der Waals surface area (Å²) in [5.41, 5.74) is 7.95. The van der Waals surface area contributed by atoms with Crippen molar-refractivity contribution in [1.82, 2.24) is 5.32 Å². The first-order chi connectivity index (χ1) is 16.1. The van der Waals surface area contributed by atoms with E-state index in [0.717, 1.165) is 17.1 Å². The van der Waals surface area contributed by atoms with Crippen molar-refractivity contribution in [2.45, 2.75) is 70.9 Å². The van der Waals surface area contributed by atoms with Gasteiger partial charge in [0.15, 0.2) is 5.76 Å². The van der Waals surface area contributed by atoms with Crippen molar-refractivity contribution < 1.29 is 9.21 Å². The van der Waals surface area contributed by atoms with Crippen LogP contribution < -0.4 is 16.0 Å². The average Bonchev–Trinajstić information content (AvgIpc) is 3.43. The molecule has 0 saturated heterocycles. The summed E-state index contributed by atoms with van der Waals surface area (Å²) in [6.07, 6.45) is 3.04. The van der Waals surface area contributed by atoms with Gasteiger partial charge in [-0.1, -0.05) is 52.0 Å². The van der Waals surface area contributed by atoms with Gasteiger partial charge in [0.25, 0.3) is 5.91 Å². The van der Waals surface area contributed by atoms with Crippen molar-refractivity contribution in [2.75, 3.05) is 17.2 Å². The van der Waals surface area contributed by atoms with E-state index in [1.165, 1.54) is 35.1 Å². The van der Waals surface area contributed by atoms with E-state index in [4.69, 9.17) is 4.42 Å². The number of amides is 1. The van der Waals surface area contributed by atoms with Gasteiger partial charge < -0.3 is 20.4 Å². The van der Waals surface area contributed by atoms with Crippen molar-refractivity contribution in [2.24, 2.45) is 0 Å². The van der Waals surface area contributed by atoms with Crippen LogP contribution in [0.3, 0.4) is 0 Å². The fourth-order valence-electron chi connectivity index (χ4n) is 5.27. The highest BCUT2D eigenvalue weighted by atomic mass is 16.3. The molecule has 1 aliphatic carbocycles. The second kappa shape index (κ2) is 8.23. The third kappa shape index (κ3) is 4.20. The van der Waals surface area contributed by atoms with Crippen molar-refractivity contribution in [3.63, 3.8) is 0 Å². The molecular formula is C29H35N3O2. The standard InChI is InChI=1S/C29H35N3O2/c1-18-14-21-22(29(4,5)13-12-28(21,2)3)16-19(18)15-20-10-11-25(34-20)27(33)30-17-26-31-23-8-6-7-9-24(23)32-26/h6-11,14,16,26,31-32H,12-13,15,17H2,1-5H3,(H,30,33). The number of hydrogen-bond acceptors (Lipinski definition) is 4. The summed E-state index contributed by atoms with van der Waals surface area (Å²) in [5, 5.41) is 9.70. The predicted octanol–water partition coefficient (Wildman–Crippen LogP) is 6.12. The van der Waals surface area contributed by atoms with Gasteiger partial charge in [0, 0.05) is 6.42 Å². The first kappa shape index (κ1) is 22.6. The summed E-state index contributed by atoms with van der Waals surface area (Å²) in [5.74, 6) is 0.962. The Hall–Kier alpha value is -3.21. The highest BCUT2D eigenvalue weighted by molar-refractivity contribution is 5.91. The predicted molar refractivity (Wildman–Crippen MR) is 138 cm³/mol. The molecule has 5 nitrogen and oxygen atoms in total. The molecule has 178 valence electrons. The lowest BCUT2D eigenvalue weighted by Gasteiger charge is -2.42. The number of furan rings is 1. The number of nitrogens with one attached hydrogen (secondary N) is 3. The zero-order valence-electron chi connectivity index (χ0n) is 20.8. The molecule has 2 heterocycles. The van der Waals surface area contributed by atoms with Crippen LogP contribution in [-0.2, 0) is 17.3 Å². The highest BCUT2D eigenvalue weighted by Gasteiger charge is 2.37. The Bertz CT molecular complexity index is 1210. The van der Waals surface area contributed by atoms with Gasteiger partial charge in [-0.15, -0.1) is 0 Å². The van der Waals surface area contributed by atoms with Crippen LogP contribution in [0, 0.1) is 6.92 Å². The van der Waals surface area contributed by atoms with Gasteiger partial charge in [-0.3, -0.25) is 4.79 Å². The molecule has 1 aliphatic heterocycles. The molecule has 3 aromatic rings. The van der Waals surface area contributed by atoms with Crippen LogP contribution in [-0.4, -0.2) is 18.6 Å². The number of para-hydroxylation sites is 2. The van der Waals surface area contributed by atoms with Crippen LogP contribution >= 0.6 is 0 Å². The highest BCUT2D eigenvalue weighted by Crippen LogP contribution is 2.46. The molecule has 0 atom stereocenters. The molecule has 2 aliphatic rings. The summed E-state index contributed by atoms with van der Waals surface area (Å²) < 4.78 is 5.97. The zero-order valence-corrected chi connectivity index (χ0v) is 20.8. The van der Waals surface area contributed by atoms with Gasteiger partial charge in [0.05, 0.1) is 17.9 Å². The van der Waals surface area contributed by atoms with Crippen molar-refractivity contribution in [3.8, 4) is 0 Å². The fraction of sp³-hybridized carbons (Fsp3) is 0.414. The normalized spacial score (nSPS) is 17.9. The Morgan fingerprint density at radius 2 is 1.59 bits per heavy atom. The molecule has 0 unspecified atom stereocenters. The molecule has 0 bridgehead atoms. The average molecular weight is 458 g/mol. The van der Waals surface area contributed by atoms with E-state index in [1.807, 2.05) is 30.3 Å². The number of hydrogen-bond donors (Lipinski definition) is 3. The summed E-state index contributed by atoms with van der Waals surface area (Å²) in [6.45, 7) is 12.0. The molecule has 0 saturated carbocycles. The SMILES string of the molecule is Cc1cc2c(cc1Cc1ccc(C(=O)NCC3Nc4ccccc4N3)o1)C(C)(C)CCC2(C)C. The van der Waals surface area contributed by atoms with E-state index in [1.54, 1.807) is 6.07 Å². The summed E-state index contributed by atoms with van der Waals surface area (Å²) >= 11 is 0. The van der Waals surface area contributed by atoms with Crippen LogP contribution in [0.2, 0.25) is 0 Å². The number of aryl methyl sites for hydroxylation is 1. The number of fused-ring (bicyclic) bond motifs is 2. The molecule has 5 rings (SSSR count). The van der Waals surface area contributed by atoms with E-state index >= 15 is 0 Å². The number of benzene rings is 2. The fourth-order valence-corrected chi connectivity index (χ4v) is 5.27. The third-order valence-electron chi connectivity index (χ3n) is 7.61. The molecule has 0 fully saturated rings. The number of carbonyl (C=O) groups excluding carboxylic acids is 1. The van der Waals surface area contributed by atoms with Crippen molar-refractivity contribution in [3.05, 3.63) is 82.3 Å². The third-order valence-corrected chi connectivity index (χ3v) is 7.61. The second-order valence-electron chi connectivity index (χ2n) is 11.1. The maximum atomic E-state index is 12.7. The quantitative estimate of drug-likeness (QED) is 0.432. The van der Waals surface area contributed by atoms with Gasteiger partial charge in [0.1, 0.15) is 11.9 Å². The van der Waals surface area contributed by atoms with Gasteiger partial charge in [-0.25, -0.2) is 0 Å². The van der Waals surface area contributed by atoms with Gasteiger partial charge in [-0.05, 0) is 77.1 Å². The van der Waals surface area contributed by atoms with Crippen LogP contribution in [0.4, 0.5) is 11.4 Å². The number of anilines is 2. The Labute approximate surface area is 202 Å². The van der Waals surface area contributed by atoms with Crippen molar-refractivity contribution >= 4 is 17.3 Å². The Balaban J connectivity index is 1.26. The van der Waals surface area contributed by atoms with Crippen LogP contribution in [0.5, 0.6) is 0 Å². The van der Waals surface area contributed by atoms with E-state index in [0.29, 0.717) is 18.7 Å². The molecular weight excluding hydrogens is 422 g/mol. The van der Waals surface area contributed by atoms with Crippen molar-refractivity contribution in [1.29, 1.82) is 0 Å². The first-order valence-electron chi connectivity index (χ1n) is 12.3. The lowest BCUT2D eigenvalue weighted by atomic mass is 9.62. The number of carbonyl (C=O) groups is 1. The number of rotatable bonds is 5. The Morgan fingerprint density at radius 1 is 0.971 bits per heavy atom. The summed E-state index contributed by atoms with van der Waals surface area (Å²) in [4.78, 5) is 12.7. The lowest BCUT2D eigenvalue weighted by Crippen LogP contribution is -2.38. The summed E-state index contributed by atoms with van der Waals surface area (Å²) in [6, 6.07) is 16.5. The monoisotopic (exact) mass is 457 g/mol. The zero-order chi connectivity index (χ0) is 24.1. The Morgan fingerprint density at radius 3 is 2.24 bits per heavy atom. The van der Waals surface area contributed by atoms with Crippen LogP contribution in [0.25, 0.3) is 0 Å². The maximum absolute atomic E-state index is 12.7. The largest absolute Gasteiger partial charge is 0.456 e. The van der Waals surface area contributed by atoms with Crippen LogP contribution in [0.1, 0.15) is 79.1 Å². The topological polar surface area (TPSA) is 66.3 Å². The molecule has 0 radical (unpaired) electrons. The first-order valence-corrected chi connectivity index (χ1v) is 12.3. The van der Waals surface area contributed by atoms with E-state index in [-0.39, 0.29) is 22.9 Å². The maximum Gasteiger partial charge on any atom is 0.287 e. The lowest BCUT2D eigenvalue weighted by molar-refractivity contribution is 0.0923. The smallest absolute Gasteiger partial charge is 0.287 e. The minimum Gasteiger partial charge on any atom is -0.456 e. The van der Waals surface area contributed by atoms with Gasteiger partial charge >= 0.3 is 0 Å². The molecule has 0 spiro atoms. The molecule has 2 aromatic carbocycles. The molecule has 1 aromatic heterocycles. The molecule has 1 amide bonds. The molecule has 5 heteroatoms. The Kier molecular flexibility index (Phi) is 5.46. The van der Waals surface area contributed by atoms with Gasteiger partial charge in [0.2, 0.25) is 0 Å². The molecule has 3 N–H and O–H groups in total. The summed E-state index contributed by atoms with van der Waals surface area (Å²) in [7, 11) is 0. The van der Waals surface area contributed by atoms with Gasteiger partial charge in [-0.2, -0.15) is 0 Å². The minimum atomic E-state index is -0.198. The second-order valence-corrected chi connectivity index (χ2v) is 11.1. The minimum absolute atomic E-state index is 0.0402. The van der Waals surface area contributed by atoms with E-state index < -0.39 is 0 Å². The molecule has 34 heavy (non-hydrogen) atoms. The van der Waals surface area contributed by atoms with E-state index in [2.05, 4.69) is 62.7 Å².